The average Bonchev–Trinajstić information content (AvgIpc) is 2.24. The zero-order valence-corrected chi connectivity index (χ0v) is 11.7. The van der Waals surface area contributed by atoms with E-state index in [2.05, 4.69) is 12.2 Å². The van der Waals surface area contributed by atoms with Crippen molar-refractivity contribution < 1.29 is 9.53 Å². The molecule has 1 saturated heterocycles. The van der Waals surface area contributed by atoms with Gasteiger partial charge >= 0.3 is 5.97 Å². The number of nitrogens with one attached hydrogen (secondary N) is 1. The molecule has 0 aromatic heterocycles. The summed E-state index contributed by atoms with van der Waals surface area (Å²) in [6, 6.07) is 0. The highest BCUT2D eigenvalue weighted by molar-refractivity contribution is 5.73. The summed E-state index contributed by atoms with van der Waals surface area (Å²) in [6.45, 7) is 10.0. The van der Waals surface area contributed by atoms with Crippen molar-refractivity contribution in [2.75, 3.05) is 13.1 Å². The monoisotopic (exact) mass is 241 g/mol. The number of ether oxygens (including phenoxy) is 1. The van der Waals surface area contributed by atoms with Gasteiger partial charge in [-0.2, -0.15) is 0 Å². The number of piperidine rings is 1. The van der Waals surface area contributed by atoms with Crippen molar-refractivity contribution in [1.82, 2.24) is 5.32 Å². The lowest BCUT2D eigenvalue weighted by atomic mass is 9.82. The summed E-state index contributed by atoms with van der Waals surface area (Å²) < 4.78 is 5.55. The summed E-state index contributed by atoms with van der Waals surface area (Å²) in [7, 11) is 0. The van der Waals surface area contributed by atoms with Crippen LogP contribution in [0.15, 0.2) is 0 Å². The third-order valence-electron chi connectivity index (χ3n) is 3.26. The zero-order chi connectivity index (χ0) is 12.9. The van der Waals surface area contributed by atoms with Crippen LogP contribution in [0.4, 0.5) is 0 Å². The first-order valence-corrected chi connectivity index (χ1v) is 6.87. The maximum Gasteiger partial charge on any atom is 0.309 e. The number of carbonyl (C=O) groups excluding carboxylic acids is 1. The topological polar surface area (TPSA) is 38.3 Å². The van der Waals surface area contributed by atoms with Gasteiger partial charge in [-0.05, 0) is 59.0 Å². The number of rotatable bonds is 4. The molecule has 17 heavy (non-hydrogen) atoms. The summed E-state index contributed by atoms with van der Waals surface area (Å²) in [6.07, 6.45) is 4.21. The van der Waals surface area contributed by atoms with Crippen LogP contribution in [-0.4, -0.2) is 24.7 Å². The van der Waals surface area contributed by atoms with E-state index in [9.17, 15) is 4.79 Å². The summed E-state index contributed by atoms with van der Waals surface area (Å²) in [5.74, 6) is 0.610. The Balaban J connectivity index is 2.60. The van der Waals surface area contributed by atoms with Crippen LogP contribution in [0.25, 0.3) is 0 Å². The Morgan fingerprint density at radius 2 is 1.94 bits per heavy atom. The van der Waals surface area contributed by atoms with Crippen LogP contribution in [0.2, 0.25) is 0 Å². The third kappa shape index (κ3) is 5.07. The lowest BCUT2D eigenvalue weighted by Crippen LogP contribution is -2.37. The van der Waals surface area contributed by atoms with Crippen LogP contribution in [0.1, 0.15) is 53.4 Å². The van der Waals surface area contributed by atoms with Crippen LogP contribution < -0.4 is 5.32 Å². The van der Waals surface area contributed by atoms with Gasteiger partial charge in [-0.1, -0.05) is 13.3 Å². The van der Waals surface area contributed by atoms with E-state index in [0.29, 0.717) is 5.92 Å². The highest BCUT2D eigenvalue weighted by Gasteiger charge is 2.32. The average molecular weight is 241 g/mol. The van der Waals surface area contributed by atoms with Gasteiger partial charge in [-0.15, -0.1) is 0 Å². The summed E-state index contributed by atoms with van der Waals surface area (Å²) in [4.78, 5) is 12.2. The molecule has 1 aliphatic heterocycles. The maximum atomic E-state index is 12.2. The van der Waals surface area contributed by atoms with E-state index in [0.717, 1.165) is 38.8 Å². The number of hydrogen-bond donors (Lipinski definition) is 1. The van der Waals surface area contributed by atoms with E-state index in [1.807, 2.05) is 20.8 Å². The van der Waals surface area contributed by atoms with Crippen molar-refractivity contribution in [3.05, 3.63) is 0 Å². The molecule has 1 fully saturated rings. The Morgan fingerprint density at radius 1 is 1.35 bits per heavy atom. The fraction of sp³-hybridized carbons (Fsp3) is 0.929. The highest BCUT2D eigenvalue weighted by atomic mass is 16.6. The van der Waals surface area contributed by atoms with Gasteiger partial charge in [-0.25, -0.2) is 0 Å². The van der Waals surface area contributed by atoms with Crippen molar-refractivity contribution in [3.63, 3.8) is 0 Å². The smallest absolute Gasteiger partial charge is 0.309 e. The van der Waals surface area contributed by atoms with E-state index in [-0.39, 0.29) is 17.5 Å². The second kappa shape index (κ2) is 6.39. The highest BCUT2D eigenvalue weighted by Crippen LogP contribution is 2.28. The van der Waals surface area contributed by atoms with Crippen LogP contribution in [-0.2, 0) is 9.53 Å². The second-order valence-electron chi connectivity index (χ2n) is 6.02. The molecule has 1 unspecified atom stereocenters. The van der Waals surface area contributed by atoms with Crippen molar-refractivity contribution in [2.24, 2.45) is 11.8 Å². The molecule has 1 aliphatic rings. The molecule has 0 radical (unpaired) electrons. The molecule has 0 amide bonds. The Labute approximate surface area is 105 Å². The summed E-state index contributed by atoms with van der Waals surface area (Å²) in [5.41, 5.74) is -0.365. The van der Waals surface area contributed by atoms with Gasteiger partial charge in [0.1, 0.15) is 5.60 Å². The van der Waals surface area contributed by atoms with E-state index < -0.39 is 0 Å². The Hall–Kier alpha value is -0.570. The first-order valence-electron chi connectivity index (χ1n) is 6.87. The predicted octanol–water partition coefficient (Wildman–Crippen LogP) is 2.74. The van der Waals surface area contributed by atoms with E-state index in [1.165, 1.54) is 0 Å². The minimum Gasteiger partial charge on any atom is -0.460 e. The molecule has 3 nitrogen and oxygen atoms in total. The van der Waals surface area contributed by atoms with E-state index in [4.69, 9.17) is 4.74 Å². The first-order chi connectivity index (χ1) is 7.94. The largest absolute Gasteiger partial charge is 0.460 e. The van der Waals surface area contributed by atoms with Gasteiger partial charge in [-0.3, -0.25) is 4.79 Å². The second-order valence-corrected chi connectivity index (χ2v) is 6.02. The number of esters is 1. The molecular weight excluding hydrogens is 214 g/mol. The molecule has 0 spiro atoms. The van der Waals surface area contributed by atoms with Crippen LogP contribution in [0.5, 0.6) is 0 Å². The molecule has 100 valence electrons. The van der Waals surface area contributed by atoms with Gasteiger partial charge in [0.15, 0.2) is 0 Å². The molecule has 0 aromatic rings. The minimum absolute atomic E-state index is 0.00579. The van der Waals surface area contributed by atoms with Crippen molar-refractivity contribution in [2.45, 2.75) is 59.0 Å². The molecule has 0 aliphatic carbocycles. The molecule has 1 heterocycles. The molecule has 1 atom stereocenters. The van der Waals surface area contributed by atoms with Crippen molar-refractivity contribution in [3.8, 4) is 0 Å². The van der Waals surface area contributed by atoms with Gasteiger partial charge in [0, 0.05) is 0 Å². The molecule has 1 rings (SSSR count). The Bertz CT molecular complexity index is 239. The lowest BCUT2D eigenvalue weighted by molar-refractivity contribution is -0.162. The Morgan fingerprint density at radius 3 is 2.41 bits per heavy atom. The van der Waals surface area contributed by atoms with Crippen molar-refractivity contribution in [1.29, 1.82) is 0 Å². The fourth-order valence-electron chi connectivity index (χ4n) is 2.48. The molecule has 0 aromatic carbocycles. The molecule has 1 N–H and O–H groups in total. The molecular formula is C14H27NO2. The van der Waals surface area contributed by atoms with Crippen molar-refractivity contribution >= 4 is 5.97 Å². The lowest BCUT2D eigenvalue weighted by Gasteiger charge is -2.31. The number of hydrogen-bond acceptors (Lipinski definition) is 3. The van der Waals surface area contributed by atoms with Gasteiger partial charge < -0.3 is 10.1 Å². The standard InChI is InChI=1S/C14H27NO2/c1-5-6-12(11-7-9-15-10-8-11)13(16)17-14(2,3)4/h11-12,15H,5-10H2,1-4H3. The zero-order valence-electron chi connectivity index (χ0n) is 11.7. The summed E-state index contributed by atoms with van der Waals surface area (Å²) >= 11 is 0. The van der Waals surface area contributed by atoms with E-state index in [1.54, 1.807) is 0 Å². The molecule has 0 saturated carbocycles. The van der Waals surface area contributed by atoms with Crippen LogP contribution in [0.3, 0.4) is 0 Å². The Kier molecular flexibility index (Phi) is 5.44. The van der Waals surface area contributed by atoms with Gasteiger partial charge in [0.25, 0.3) is 0 Å². The minimum atomic E-state index is -0.365. The third-order valence-corrected chi connectivity index (χ3v) is 3.26. The maximum absolute atomic E-state index is 12.2. The normalized spacial score (nSPS) is 20.0. The molecule has 0 bridgehead atoms. The van der Waals surface area contributed by atoms with Gasteiger partial charge in [0.05, 0.1) is 5.92 Å². The van der Waals surface area contributed by atoms with Crippen LogP contribution >= 0.6 is 0 Å². The van der Waals surface area contributed by atoms with Gasteiger partial charge in [0.2, 0.25) is 0 Å². The molecule has 3 heteroatoms. The SMILES string of the molecule is CCCC(C(=O)OC(C)(C)C)C1CCNCC1. The number of carbonyl (C=O) groups is 1. The van der Waals surface area contributed by atoms with E-state index >= 15 is 0 Å². The quantitative estimate of drug-likeness (QED) is 0.769. The first kappa shape index (κ1) is 14.5. The summed E-state index contributed by atoms with van der Waals surface area (Å²) in [5, 5.41) is 3.35. The van der Waals surface area contributed by atoms with Crippen LogP contribution in [0, 0.1) is 11.8 Å². The predicted molar refractivity (Wildman–Crippen MR) is 69.8 cm³/mol. The fourth-order valence-corrected chi connectivity index (χ4v) is 2.48.